The first-order valence-electron chi connectivity index (χ1n) is 5.55. The maximum Gasteiger partial charge on any atom is 0.228 e. The molecular weight excluding hydrogens is 250 g/mol. The second-order valence-electron chi connectivity index (χ2n) is 4.05. The summed E-state index contributed by atoms with van der Waals surface area (Å²) in [6, 6.07) is 2.03. The van der Waals surface area contributed by atoms with Crippen molar-refractivity contribution in [1.82, 2.24) is 24.7 Å². The van der Waals surface area contributed by atoms with Gasteiger partial charge in [-0.2, -0.15) is 4.98 Å². The fourth-order valence-electron chi connectivity index (χ4n) is 1.87. The number of rotatable bonds is 3. The molecular formula is C11H11N5OS. The van der Waals surface area contributed by atoms with E-state index in [-0.39, 0.29) is 0 Å². The quantitative estimate of drug-likeness (QED) is 0.730. The van der Waals surface area contributed by atoms with Crippen LogP contribution in [0.3, 0.4) is 0 Å². The third-order valence-electron chi connectivity index (χ3n) is 2.70. The number of hydrogen-bond donors (Lipinski definition) is 1. The number of imidazole rings is 1. The van der Waals surface area contributed by atoms with Gasteiger partial charge in [-0.1, -0.05) is 5.16 Å². The van der Waals surface area contributed by atoms with Gasteiger partial charge in [-0.15, -0.1) is 0 Å². The maximum atomic E-state index is 5.29. The smallest absolute Gasteiger partial charge is 0.228 e. The van der Waals surface area contributed by atoms with Gasteiger partial charge in [0.05, 0.1) is 5.52 Å². The summed E-state index contributed by atoms with van der Waals surface area (Å²) >= 11 is 5.29. The van der Waals surface area contributed by atoms with Gasteiger partial charge in [0.1, 0.15) is 0 Å². The first-order chi connectivity index (χ1) is 8.74. The SMILES string of the molecule is Cc1cnc2c(c1)[nH]c(=S)n2CCc1ncno1. The predicted octanol–water partition coefficient (Wildman–Crippen LogP) is 2.03. The van der Waals surface area contributed by atoms with E-state index in [0.717, 1.165) is 16.7 Å². The van der Waals surface area contributed by atoms with Crippen molar-refractivity contribution in [3.05, 3.63) is 34.8 Å². The molecule has 0 saturated carbocycles. The molecule has 0 bridgehead atoms. The molecule has 3 heterocycles. The molecule has 3 aromatic rings. The number of aryl methyl sites for hydroxylation is 3. The van der Waals surface area contributed by atoms with Crippen LogP contribution >= 0.6 is 12.2 Å². The Balaban J connectivity index is 1.96. The van der Waals surface area contributed by atoms with E-state index in [1.165, 1.54) is 6.33 Å². The number of nitrogens with one attached hydrogen (secondary N) is 1. The van der Waals surface area contributed by atoms with Crippen LogP contribution in [0.4, 0.5) is 0 Å². The fraction of sp³-hybridized carbons (Fsp3) is 0.273. The summed E-state index contributed by atoms with van der Waals surface area (Å²) < 4.78 is 7.56. The number of fused-ring (bicyclic) bond motifs is 1. The number of aromatic nitrogens is 5. The summed E-state index contributed by atoms with van der Waals surface area (Å²) in [6.07, 6.45) is 3.86. The Labute approximate surface area is 108 Å². The van der Waals surface area contributed by atoms with Crippen molar-refractivity contribution < 1.29 is 4.52 Å². The van der Waals surface area contributed by atoms with Crippen LogP contribution in [0.5, 0.6) is 0 Å². The number of hydrogen-bond acceptors (Lipinski definition) is 5. The molecule has 0 aromatic carbocycles. The molecule has 3 aromatic heterocycles. The van der Waals surface area contributed by atoms with Crippen LogP contribution < -0.4 is 0 Å². The topological polar surface area (TPSA) is 72.5 Å². The Bertz CT molecular complexity index is 728. The highest BCUT2D eigenvalue weighted by atomic mass is 32.1. The van der Waals surface area contributed by atoms with Gasteiger partial charge in [0.15, 0.2) is 16.7 Å². The minimum Gasteiger partial charge on any atom is -0.340 e. The van der Waals surface area contributed by atoms with Crippen LogP contribution in [-0.2, 0) is 13.0 Å². The van der Waals surface area contributed by atoms with Crippen molar-refractivity contribution in [2.24, 2.45) is 0 Å². The van der Waals surface area contributed by atoms with Gasteiger partial charge in [-0.3, -0.25) is 0 Å². The normalized spacial score (nSPS) is 11.2. The van der Waals surface area contributed by atoms with E-state index < -0.39 is 0 Å². The predicted molar refractivity (Wildman–Crippen MR) is 67.7 cm³/mol. The average Bonchev–Trinajstić information content (AvgIpc) is 2.93. The van der Waals surface area contributed by atoms with Gasteiger partial charge in [-0.05, 0) is 30.8 Å². The van der Waals surface area contributed by atoms with Gasteiger partial charge in [0.2, 0.25) is 5.89 Å². The van der Waals surface area contributed by atoms with Gasteiger partial charge < -0.3 is 14.1 Å². The Hall–Kier alpha value is -2.02. The van der Waals surface area contributed by atoms with E-state index in [1.54, 1.807) is 0 Å². The lowest BCUT2D eigenvalue weighted by molar-refractivity contribution is 0.371. The molecule has 92 valence electrons. The summed E-state index contributed by atoms with van der Waals surface area (Å²) in [4.78, 5) is 11.5. The first kappa shape index (κ1) is 11.1. The Morgan fingerprint density at radius 1 is 1.44 bits per heavy atom. The van der Waals surface area contributed by atoms with Crippen molar-refractivity contribution >= 4 is 23.4 Å². The minimum absolute atomic E-state index is 0.596. The van der Waals surface area contributed by atoms with Gasteiger partial charge in [-0.25, -0.2) is 4.98 Å². The molecule has 18 heavy (non-hydrogen) atoms. The van der Waals surface area contributed by atoms with E-state index in [0.29, 0.717) is 23.6 Å². The zero-order valence-corrected chi connectivity index (χ0v) is 10.6. The van der Waals surface area contributed by atoms with E-state index in [4.69, 9.17) is 16.7 Å². The molecule has 1 N–H and O–H groups in total. The van der Waals surface area contributed by atoms with Crippen LogP contribution in [0.25, 0.3) is 11.2 Å². The van der Waals surface area contributed by atoms with Gasteiger partial charge in [0, 0.05) is 19.2 Å². The second kappa shape index (κ2) is 4.34. The molecule has 0 amide bonds. The summed E-state index contributed by atoms with van der Waals surface area (Å²) in [5, 5.41) is 3.57. The Morgan fingerprint density at radius 3 is 3.11 bits per heavy atom. The van der Waals surface area contributed by atoms with Crippen molar-refractivity contribution in [2.45, 2.75) is 19.9 Å². The van der Waals surface area contributed by atoms with Crippen LogP contribution in [0.2, 0.25) is 0 Å². The number of H-pyrrole nitrogens is 1. The van der Waals surface area contributed by atoms with Crippen LogP contribution in [0, 0.1) is 11.7 Å². The third kappa shape index (κ3) is 1.92. The monoisotopic (exact) mass is 261 g/mol. The van der Waals surface area contributed by atoms with Crippen molar-refractivity contribution in [1.29, 1.82) is 0 Å². The molecule has 3 rings (SSSR count). The molecule has 0 saturated heterocycles. The van der Waals surface area contributed by atoms with Crippen molar-refractivity contribution in [3.63, 3.8) is 0 Å². The largest absolute Gasteiger partial charge is 0.340 e. The summed E-state index contributed by atoms with van der Waals surface area (Å²) in [7, 11) is 0. The summed E-state index contributed by atoms with van der Waals surface area (Å²) in [5.41, 5.74) is 2.90. The third-order valence-corrected chi connectivity index (χ3v) is 3.02. The van der Waals surface area contributed by atoms with E-state index >= 15 is 0 Å². The molecule has 0 fully saturated rings. The average molecular weight is 261 g/mol. The van der Waals surface area contributed by atoms with Crippen molar-refractivity contribution in [3.8, 4) is 0 Å². The standard InChI is InChI=1S/C11H11N5OS/c1-7-4-8-10(12-5-7)16(11(18)15-8)3-2-9-13-6-14-17-9/h4-6H,2-3H2,1H3,(H,15,18). The number of pyridine rings is 1. The Kier molecular flexibility index (Phi) is 2.67. The molecule has 0 aliphatic heterocycles. The zero-order chi connectivity index (χ0) is 12.5. The number of nitrogens with zero attached hydrogens (tertiary/aromatic N) is 4. The van der Waals surface area contributed by atoms with E-state index in [1.807, 2.05) is 23.8 Å². The molecule has 0 atom stereocenters. The lowest BCUT2D eigenvalue weighted by Gasteiger charge is -2.01. The minimum atomic E-state index is 0.596. The fourth-order valence-corrected chi connectivity index (χ4v) is 2.16. The highest BCUT2D eigenvalue weighted by molar-refractivity contribution is 7.71. The van der Waals surface area contributed by atoms with Crippen LogP contribution in [0.15, 0.2) is 23.1 Å². The Morgan fingerprint density at radius 2 is 2.33 bits per heavy atom. The molecule has 0 aliphatic carbocycles. The summed E-state index contributed by atoms with van der Waals surface area (Å²) in [5.74, 6) is 0.596. The van der Waals surface area contributed by atoms with Gasteiger partial charge in [0.25, 0.3) is 0 Å². The maximum absolute atomic E-state index is 5.29. The number of aromatic amines is 1. The molecule has 0 unspecified atom stereocenters. The van der Waals surface area contributed by atoms with Crippen LogP contribution in [-0.4, -0.2) is 24.7 Å². The first-order valence-corrected chi connectivity index (χ1v) is 5.95. The molecule has 6 nitrogen and oxygen atoms in total. The molecule has 0 aliphatic rings. The van der Waals surface area contributed by atoms with Crippen LogP contribution in [0.1, 0.15) is 11.5 Å². The summed E-state index contributed by atoms with van der Waals surface area (Å²) in [6.45, 7) is 2.66. The van der Waals surface area contributed by atoms with Gasteiger partial charge >= 0.3 is 0 Å². The van der Waals surface area contributed by atoms with E-state index in [9.17, 15) is 0 Å². The molecule has 7 heteroatoms. The highest BCUT2D eigenvalue weighted by Gasteiger charge is 2.07. The lowest BCUT2D eigenvalue weighted by atomic mass is 10.3. The second-order valence-corrected chi connectivity index (χ2v) is 4.44. The van der Waals surface area contributed by atoms with E-state index in [2.05, 4.69) is 20.1 Å². The van der Waals surface area contributed by atoms with Crippen molar-refractivity contribution in [2.75, 3.05) is 0 Å². The molecule has 0 radical (unpaired) electrons. The zero-order valence-electron chi connectivity index (χ0n) is 9.75. The molecule has 0 spiro atoms. The highest BCUT2D eigenvalue weighted by Crippen LogP contribution is 2.13. The lowest BCUT2D eigenvalue weighted by Crippen LogP contribution is -2.02.